The lowest BCUT2D eigenvalue weighted by Gasteiger charge is -2.14. The Morgan fingerprint density at radius 1 is 1.03 bits per heavy atom. The van der Waals surface area contributed by atoms with E-state index in [2.05, 4.69) is 6.92 Å². The summed E-state index contributed by atoms with van der Waals surface area (Å²) in [6.07, 6.45) is 6.56. The fraction of sp³-hybridized carbons (Fsp3) is 0.500. The second kappa shape index (κ2) is 13.2. The van der Waals surface area contributed by atoms with Crippen molar-refractivity contribution in [1.82, 2.24) is 4.90 Å². The van der Waals surface area contributed by atoms with E-state index < -0.39 is 20.7 Å². The highest BCUT2D eigenvalue weighted by atomic mass is 32.2. The van der Waals surface area contributed by atoms with Gasteiger partial charge in [0, 0.05) is 19.7 Å². The van der Waals surface area contributed by atoms with E-state index in [4.69, 9.17) is 9.47 Å². The van der Waals surface area contributed by atoms with Gasteiger partial charge < -0.3 is 14.4 Å². The summed E-state index contributed by atoms with van der Waals surface area (Å²) >= 11 is 0. The van der Waals surface area contributed by atoms with E-state index in [-0.39, 0.29) is 18.1 Å². The molecule has 0 heterocycles. The van der Waals surface area contributed by atoms with E-state index in [1.165, 1.54) is 18.2 Å². The van der Waals surface area contributed by atoms with Crippen LogP contribution in [-0.4, -0.2) is 52.2 Å². The van der Waals surface area contributed by atoms with Gasteiger partial charge in [0.2, 0.25) is 9.84 Å². The van der Waals surface area contributed by atoms with Crippen LogP contribution in [0.5, 0.6) is 0 Å². The summed E-state index contributed by atoms with van der Waals surface area (Å²) in [6.45, 7) is 10.3. The standard InChI is InChI=1S/C22H33NO5S/c1-5-8-16-27-17-18-28-22(24)21(10-9-15-23(6-2)7-3)29(25,26)20-13-11-19(4)12-14-20/h9-15H,5-8,16-18H2,1-4H3/b15-9+,21-10-. The van der Waals surface area contributed by atoms with E-state index in [0.717, 1.165) is 31.5 Å². The number of rotatable bonds is 13. The number of nitrogens with zero attached hydrogens (tertiary/aromatic N) is 1. The molecule has 0 aromatic heterocycles. The van der Waals surface area contributed by atoms with Gasteiger partial charge in [0.25, 0.3) is 0 Å². The third-order valence-corrected chi connectivity index (χ3v) is 6.06. The molecule has 7 heteroatoms. The first kappa shape index (κ1) is 24.9. The molecular formula is C22H33NO5S. The number of allylic oxidation sites excluding steroid dienone is 2. The minimum atomic E-state index is -4.00. The van der Waals surface area contributed by atoms with E-state index >= 15 is 0 Å². The lowest BCUT2D eigenvalue weighted by atomic mass is 10.2. The number of esters is 1. The van der Waals surface area contributed by atoms with Crippen LogP contribution in [0.4, 0.5) is 0 Å². The predicted octanol–water partition coefficient (Wildman–Crippen LogP) is 3.87. The minimum absolute atomic E-state index is 0.00304. The molecule has 1 aromatic rings. The molecule has 0 N–H and O–H groups in total. The summed E-state index contributed by atoms with van der Waals surface area (Å²) in [5, 5.41) is 0. The number of hydrogen-bond donors (Lipinski definition) is 0. The highest BCUT2D eigenvalue weighted by Gasteiger charge is 2.27. The molecule has 0 aliphatic heterocycles. The third kappa shape index (κ3) is 8.41. The normalized spacial score (nSPS) is 12.3. The lowest BCUT2D eigenvalue weighted by Crippen LogP contribution is -2.19. The fourth-order valence-electron chi connectivity index (χ4n) is 2.41. The van der Waals surface area contributed by atoms with Gasteiger partial charge in [0.1, 0.15) is 6.61 Å². The average Bonchev–Trinajstić information content (AvgIpc) is 2.70. The number of ether oxygens (including phenoxy) is 2. The highest BCUT2D eigenvalue weighted by Crippen LogP contribution is 2.21. The van der Waals surface area contributed by atoms with Gasteiger partial charge in [-0.05, 0) is 57.7 Å². The zero-order chi connectivity index (χ0) is 21.7. The van der Waals surface area contributed by atoms with Gasteiger partial charge in [0.15, 0.2) is 4.91 Å². The van der Waals surface area contributed by atoms with Crippen molar-refractivity contribution in [3.05, 3.63) is 53.1 Å². The van der Waals surface area contributed by atoms with Crippen LogP contribution >= 0.6 is 0 Å². The Bertz CT molecular complexity index is 778. The molecule has 0 atom stereocenters. The SMILES string of the molecule is CCCCOCCOC(=O)/C(=C/C=C/N(CC)CC)S(=O)(=O)c1ccc(C)cc1. The maximum atomic E-state index is 13.0. The third-order valence-electron chi connectivity index (χ3n) is 4.28. The van der Waals surface area contributed by atoms with Gasteiger partial charge in [-0.15, -0.1) is 0 Å². The van der Waals surface area contributed by atoms with E-state index in [0.29, 0.717) is 6.61 Å². The molecule has 0 saturated carbocycles. The second-order valence-corrected chi connectivity index (χ2v) is 8.43. The van der Waals surface area contributed by atoms with Crippen LogP contribution < -0.4 is 0 Å². The van der Waals surface area contributed by atoms with Crippen LogP contribution in [0.25, 0.3) is 0 Å². The molecule has 0 radical (unpaired) electrons. The van der Waals surface area contributed by atoms with Crippen LogP contribution in [0.2, 0.25) is 0 Å². The number of carbonyl (C=O) groups is 1. The summed E-state index contributed by atoms with van der Waals surface area (Å²) in [5.41, 5.74) is 0.933. The topological polar surface area (TPSA) is 72.9 Å². The summed E-state index contributed by atoms with van der Waals surface area (Å²) in [5.74, 6) is -0.881. The van der Waals surface area contributed by atoms with Gasteiger partial charge in [-0.25, -0.2) is 13.2 Å². The molecule has 0 bridgehead atoms. The summed E-state index contributed by atoms with van der Waals surface area (Å²) < 4.78 is 36.6. The van der Waals surface area contributed by atoms with Crippen molar-refractivity contribution in [1.29, 1.82) is 0 Å². The van der Waals surface area contributed by atoms with Gasteiger partial charge in [-0.1, -0.05) is 31.0 Å². The molecule has 0 saturated heterocycles. The minimum Gasteiger partial charge on any atom is -0.459 e. The quantitative estimate of drug-likeness (QED) is 0.208. The van der Waals surface area contributed by atoms with Crippen molar-refractivity contribution < 1.29 is 22.7 Å². The Labute approximate surface area is 175 Å². The molecule has 1 rings (SSSR count). The van der Waals surface area contributed by atoms with Crippen molar-refractivity contribution in [3.8, 4) is 0 Å². The molecule has 0 spiro atoms. The van der Waals surface area contributed by atoms with Gasteiger partial charge >= 0.3 is 5.97 Å². The van der Waals surface area contributed by atoms with Crippen molar-refractivity contribution >= 4 is 15.8 Å². The Kier molecular flexibility index (Phi) is 11.3. The van der Waals surface area contributed by atoms with Crippen molar-refractivity contribution in [3.63, 3.8) is 0 Å². The second-order valence-electron chi connectivity index (χ2n) is 6.51. The van der Waals surface area contributed by atoms with Gasteiger partial charge in [-0.2, -0.15) is 0 Å². The van der Waals surface area contributed by atoms with Gasteiger partial charge in [-0.3, -0.25) is 0 Å². The first-order valence-corrected chi connectivity index (χ1v) is 11.5. The van der Waals surface area contributed by atoms with Crippen LogP contribution in [0.15, 0.2) is 52.4 Å². The Hall–Kier alpha value is -2.12. The number of benzene rings is 1. The van der Waals surface area contributed by atoms with Crippen LogP contribution in [0, 0.1) is 6.92 Å². The lowest BCUT2D eigenvalue weighted by molar-refractivity contribution is -0.139. The molecule has 6 nitrogen and oxygen atoms in total. The first-order chi connectivity index (χ1) is 13.9. The Balaban J connectivity index is 3.02. The molecule has 29 heavy (non-hydrogen) atoms. The number of unbranched alkanes of at least 4 members (excludes halogenated alkanes) is 1. The Morgan fingerprint density at radius 3 is 2.28 bits per heavy atom. The molecule has 0 aliphatic carbocycles. The number of hydrogen-bond acceptors (Lipinski definition) is 6. The number of sulfone groups is 1. The average molecular weight is 424 g/mol. The van der Waals surface area contributed by atoms with Crippen molar-refractivity contribution in [2.75, 3.05) is 32.9 Å². The zero-order valence-electron chi connectivity index (χ0n) is 17.9. The van der Waals surface area contributed by atoms with Crippen LogP contribution in [-0.2, 0) is 24.1 Å². The Morgan fingerprint density at radius 2 is 1.69 bits per heavy atom. The van der Waals surface area contributed by atoms with Crippen molar-refractivity contribution in [2.45, 2.75) is 45.4 Å². The number of aryl methyl sites for hydroxylation is 1. The van der Waals surface area contributed by atoms with Crippen LogP contribution in [0.1, 0.15) is 39.2 Å². The maximum absolute atomic E-state index is 13.0. The largest absolute Gasteiger partial charge is 0.459 e. The first-order valence-electron chi connectivity index (χ1n) is 10.1. The van der Waals surface area contributed by atoms with E-state index in [1.54, 1.807) is 24.4 Å². The van der Waals surface area contributed by atoms with Crippen molar-refractivity contribution in [2.24, 2.45) is 0 Å². The fourth-order valence-corrected chi connectivity index (χ4v) is 3.70. The zero-order valence-corrected chi connectivity index (χ0v) is 18.7. The molecule has 162 valence electrons. The van der Waals surface area contributed by atoms with E-state index in [9.17, 15) is 13.2 Å². The monoisotopic (exact) mass is 423 g/mol. The predicted molar refractivity (Wildman–Crippen MR) is 115 cm³/mol. The highest BCUT2D eigenvalue weighted by molar-refractivity contribution is 7.96. The summed E-state index contributed by atoms with van der Waals surface area (Å²) in [6, 6.07) is 6.38. The van der Waals surface area contributed by atoms with E-state index in [1.807, 2.05) is 25.7 Å². The molecule has 0 amide bonds. The molecule has 0 fully saturated rings. The smallest absolute Gasteiger partial charge is 0.350 e. The maximum Gasteiger partial charge on any atom is 0.350 e. The summed E-state index contributed by atoms with van der Waals surface area (Å²) in [4.78, 5) is 14.2. The molecule has 0 unspecified atom stereocenters. The van der Waals surface area contributed by atoms with Gasteiger partial charge in [0.05, 0.1) is 11.5 Å². The van der Waals surface area contributed by atoms with Crippen LogP contribution in [0.3, 0.4) is 0 Å². The summed E-state index contributed by atoms with van der Waals surface area (Å²) in [7, 11) is -4.00. The molecule has 0 aliphatic rings. The molecule has 1 aromatic carbocycles. The molecular weight excluding hydrogens is 390 g/mol. The number of carbonyl (C=O) groups excluding carboxylic acids is 1.